The van der Waals surface area contributed by atoms with Crippen LogP contribution in [0.5, 0.6) is 0 Å². The molecule has 134 valence electrons. The topological polar surface area (TPSA) is 70.6 Å². The molecule has 0 saturated carbocycles. The first-order valence-corrected chi connectivity index (χ1v) is 9.90. The number of hydrogen-bond acceptors (Lipinski definition) is 4. The Balaban J connectivity index is 2.09. The van der Waals surface area contributed by atoms with Crippen molar-refractivity contribution in [2.24, 2.45) is 0 Å². The number of carbonyl (C=O) groups excluding carboxylic acids is 1. The summed E-state index contributed by atoms with van der Waals surface area (Å²) in [5, 5.41) is 0. The van der Waals surface area contributed by atoms with Crippen molar-refractivity contribution < 1.29 is 13.2 Å². The quantitative estimate of drug-likeness (QED) is 0.720. The second kappa shape index (κ2) is 8.73. The lowest BCUT2D eigenvalue weighted by atomic mass is 10.2. The number of carbonyl (C=O) groups is 1. The first-order chi connectivity index (χ1) is 11.9. The molecule has 2 aromatic rings. The summed E-state index contributed by atoms with van der Waals surface area (Å²) >= 11 is 0. The standard InChI is InChI=1S/C18H23N3O3S/c1-3-20(13-16-8-5-4-6-9-16)18(22)15-21(25(2,23)24)14-17-10-7-11-19-12-17/h4-12H,3,13-15H2,1-2H3. The van der Waals surface area contributed by atoms with Gasteiger partial charge in [0.15, 0.2) is 0 Å². The van der Waals surface area contributed by atoms with E-state index in [-0.39, 0.29) is 19.0 Å². The van der Waals surface area contributed by atoms with Gasteiger partial charge in [-0.2, -0.15) is 4.31 Å². The number of amides is 1. The average molecular weight is 361 g/mol. The maximum Gasteiger partial charge on any atom is 0.238 e. The normalized spacial score (nSPS) is 11.5. The summed E-state index contributed by atoms with van der Waals surface area (Å²) in [6.45, 7) is 2.79. The average Bonchev–Trinajstić information content (AvgIpc) is 2.60. The van der Waals surface area contributed by atoms with Gasteiger partial charge in [-0.1, -0.05) is 36.4 Å². The number of hydrogen-bond donors (Lipinski definition) is 0. The maximum atomic E-state index is 12.6. The minimum atomic E-state index is -3.51. The Morgan fingerprint density at radius 3 is 2.28 bits per heavy atom. The lowest BCUT2D eigenvalue weighted by Gasteiger charge is -2.25. The third-order valence-corrected chi connectivity index (χ3v) is 5.01. The van der Waals surface area contributed by atoms with E-state index >= 15 is 0 Å². The van der Waals surface area contributed by atoms with E-state index in [1.54, 1.807) is 29.4 Å². The summed E-state index contributed by atoms with van der Waals surface area (Å²) in [4.78, 5) is 18.3. The molecule has 1 amide bonds. The van der Waals surface area contributed by atoms with E-state index in [2.05, 4.69) is 4.98 Å². The van der Waals surface area contributed by atoms with E-state index in [0.29, 0.717) is 13.1 Å². The maximum absolute atomic E-state index is 12.6. The van der Waals surface area contributed by atoms with Gasteiger partial charge in [0.05, 0.1) is 12.8 Å². The number of sulfonamides is 1. The monoisotopic (exact) mass is 361 g/mol. The highest BCUT2D eigenvalue weighted by Crippen LogP contribution is 2.10. The van der Waals surface area contributed by atoms with Crippen molar-refractivity contribution >= 4 is 15.9 Å². The zero-order valence-electron chi connectivity index (χ0n) is 14.5. The Morgan fingerprint density at radius 2 is 1.72 bits per heavy atom. The Bertz CT molecular complexity index is 780. The lowest BCUT2D eigenvalue weighted by Crippen LogP contribution is -2.41. The molecule has 0 fully saturated rings. The Hall–Kier alpha value is -2.25. The van der Waals surface area contributed by atoms with Gasteiger partial charge in [0.25, 0.3) is 0 Å². The second-order valence-corrected chi connectivity index (χ2v) is 7.77. The predicted octanol–water partition coefficient (Wildman–Crippen LogP) is 1.89. The number of likely N-dealkylation sites (N-methyl/N-ethyl adjacent to an activating group) is 1. The Labute approximate surface area is 149 Å². The van der Waals surface area contributed by atoms with Crippen LogP contribution in [0, 0.1) is 0 Å². The molecule has 0 aliphatic heterocycles. The van der Waals surface area contributed by atoms with Crippen molar-refractivity contribution in [3.05, 3.63) is 66.0 Å². The summed E-state index contributed by atoms with van der Waals surface area (Å²) in [6.07, 6.45) is 4.34. The molecule has 0 saturated heterocycles. The van der Waals surface area contributed by atoms with Crippen LogP contribution in [0.1, 0.15) is 18.1 Å². The molecule has 1 aromatic heterocycles. The van der Waals surface area contributed by atoms with Gasteiger partial charge in [-0.3, -0.25) is 9.78 Å². The number of pyridine rings is 1. The molecule has 7 heteroatoms. The first kappa shape index (κ1) is 19.1. The van der Waals surface area contributed by atoms with Crippen molar-refractivity contribution in [1.29, 1.82) is 0 Å². The third kappa shape index (κ3) is 5.95. The highest BCUT2D eigenvalue weighted by Gasteiger charge is 2.23. The van der Waals surface area contributed by atoms with E-state index < -0.39 is 10.0 Å². The van der Waals surface area contributed by atoms with Crippen molar-refractivity contribution in [3.63, 3.8) is 0 Å². The van der Waals surface area contributed by atoms with Crippen LogP contribution in [-0.2, 0) is 27.9 Å². The number of nitrogens with zero attached hydrogens (tertiary/aromatic N) is 3. The SMILES string of the molecule is CCN(Cc1ccccc1)C(=O)CN(Cc1cccnc1)S(C)(=O)=O. The summed E-state index contributed by atoms with van der Waals surface area (Å²) in [6, 6.07) is 13.2. The number of rotatable bonds is 8. The Morgan fingerprint density at radius 1 is 1.04 bits per heavy atom. The molecule has 1 aromatic carbocycles. The highest BCUT2D eigenvalue weighted by atomic mass is 32.2. The predicted molar refractivity (Wildman–Crippen MR) is 97.0 cm³/mol. The fourth-order valence-corrected chi connectivity index (χ4v) is 3.15. The molecule has 1 heterocycles. The molecule has 25 heavy (non-hydrogen) atoms. The van der Waals surface area contributed by atoms with E-state index in [4.69, 9.17) is 0 Å². The molecular weight excluding hydrogens is 338 g/mol. The van der Waals surface area contributed by atoms with Crippen LogP contribution in [0.4, 0.5) is 0 Å². The van der Waals surface area contributed by atoms with Gasteiger partial charge in [-0.25, -0.2) is 8.42 Å². The molecule has 0 spiro atoms. The minimum absolute atomic E-state index is 0.126. The Kier molecular flexibility index (Phi) is 6.66. The minimum Gasteiger partial charge on any atom is -0.338 e. The molecule has 2 rings (SSSR count). The first-order valence-electron chi connectivity index (χ1n) is 8.06. The molecule has 0 N–H and O–H groups in total. The largest absolute Gasteiger partial charge is 0.338 e. The van der Waals surface area contributed by atoms with E-state index in [1.807, 2.05) is 37.3 Å². The third-order valence-electron chi connectivity index (χ3n) is 3.81. The smallest absolute Gasteiger partial charge is 0.238 e. The van der Waals surface area contributed by atoms with Crippen molar-refractivity contribution in [1.82, 2.24) is 14.2 Å². The van der Waals surface area contributed by atoms with Crippen LogP contribution >= 0.6 is 0 Å². The summed E-state index contributed by atoms with van der Waals surface area (Å²) in [5.41, 5.74) is 1.75. The van der Waals surface area contributed by atoms with Gasteiger partial charge in [-0.15, -0.1) is 0 Å². The van der Waals surface area contributed by atoms with Gasteiger partial charge < -0.3 is 4.90 Å². The molecule has 0 unspecified atom stereocenters. The summed E-state index contributed by atoms with van der Waals surface area (Å²) in [7, 11) is -3.51. The van der Waals surface area contributed by atoms with Gasteiger partial charge in [0.1, 0.15) is 0 Å². The highest BCUT2D eigenvalue weighted by molar-refractivity contribution is 7.88. The van der Waals surface area contributed by atoms with E-state index in [0.717, 1.165) is 17.4 Å². The number of benzene rings is 1. The van der Waals surface area contributed by atoms with Crippen LogP contribution in [0.3, 0.4) is 0 Å². The van der Waals surface area contributed by atoms with Gasteiger partial charge in [-0.05, 0) is 24.1 Å². The molecule has 6 nitrogen and oxygen atoms in total. The molecule has 0 radical (unpaired) electrons. The van der Waals surface area contributed by atoms with Gasteiger partial charge in [0, 0.05) is 32.0 Å². The van der Waals surface area contributed by atoms with Crippen LogP contribution in [0.2, 0.25) is 0 Å². The zero-order valence-corrected chi connectivity index (χ0v) is 15.3. The van der Waals surface area contributed by atoms with Gasteiger partial charge in [0.2, 0.25) is 15.9 Å². The van der Waals surface area contributed by atoms with Crippen LogP contribution in [-0.4, -0.2) is 47.9 Å². The second-order valence-electron chi connectivity index (χ2n) is 5.79. The molecule has 0 aliphatic rings. The van der Waals surface area contributed by atoms with Crippen LogP contribution in [0.15, 0.2) is 54.9 Å². The van der Waals surface area contributed by atoms with Crippen LogP contribution < -0.4 is 0 Å². The molecule has 0 atom stereocenters. The summed E-state index contributed by atoms with van der Waals surface area (Å²) < 4.78 is 25.3. The fraction of sp³-hybridized carbons (Fsp3) is 0.333. The van der Waals surface area contributed by atoms with Crippen molar-refractivity contribution in [2.45, 2.75) is 20.0 Å². The molecular formula is C18H23N3O3S. The fourth-order valence-electron chi connectivity index (χ4n) is 2.42. The van der Waals surface area contributed by atoms with Gasteiger partial charge >= 0.3 is 0 Å². The van der Waals surface area contributed by atoms with Crippen molar-refractivity contribution in [2.75, 3.05) is 19.3 Å². The summed E-state index contributed by atoms with van der Waals surface area (Å²) in [5.74, 6) is -0.222. The lowest BCUT2D eigenvalue weighted by molar-refractivity contribution is -0.131. The molecule has 0 aliphatic carbocycles. The zero-order chi connectivity index (χ0) is 18.3. The van der Waals surface area contributed by atoms with Crippen LogP contribution in [0.25, 0.3) is 0 Å². The molecule has 0 bridgehead atoms. The number of aromatic nitrogens is 1. The van der Waals surface area contributed by atoms with Crippen molar-refractivity contribution in [3.8, 4) is 0 Å². The van der Waals surface area contributed by atoms with E-state index in [1.165, 1.54) is 4.31 Å². The van der Waals surface area contributed by atoms with E-state index in [9.17, 15) is 13.2 Å².